The number of carbonyl (C=O) groups excluding carboxylic acids is 1. The van der Waals surface area contributed by atoms with Crippen molar-refractivity contribution in [3.8, 4) is 0 Å². The van der Waals surface area contributed by atoms with Crippen LogP contribution in [0.5, 0.6) is 0 Å². The number of nitrogens with one attached hydrogen (secondary N) is 1. The maximum absolute atomic E-state index is 12.4. The lowest BCUT2D eigenvalue weighted by Crippen LogP contribution is -2.30. The Labute approximate surface area is 141 Å². The van der Waals surface area contributed by atoms with E-state index in [1.54, 1.807) is 6.20 Å². The Morgan fingerprint density at radius 2 is 1.75 bits per heavy atom. The molecule has 0 saturated carbocycles. The molecule has 3 aromatic rings. The van der Waals surface area contributed by atoms with E-state index in [4.69, 9.17) is 5.11 Å². The minimum absolute atomic E-state index is 0.0393. The fourth-order valence-electron chi connectivity index (χ4n) is 2.07. The van der Waals surface area contributed by atoms with Crippen LogP contribution < -0.4 is 5.32 Å². The highest BCUT2D eigenvalue weighted by Gasteiger charge is 2.21. The van der Waals surface area contributed by atoms with Gasteiger partial charge >= 0.3 is 5.97 Å². The van der Waals surface area contributed by atoms with Crippen molar-refractivity contribution >= 4 is 23.2 Å². The largest absolute Gasteiger partial charge is 0.476 e. The van der Waals surface area contributed by atoms with Crippen molar-refractivity contribution in [3.63, 3.8) is 0 Å². The number of nitrogens with zero attached hydrogens (tertiary/aromatic N) is 3. The van der Waals surface area contributed by atoms with Gasteiger partial charge in [-0.15, -0.1) is 11.3 Å². The van der Waals surface area contributed by atoms with Gasteiger partial charge < -0.3 is 10.4 Å². The van der Waals surface area contributed by atoms with Crippen LogP contribution in [-0.4, -0.2) is 31.9 Å². The molecule has 0 aliphatic heterocycles. The number of carbonyl (C=O) groups is 2. The number of hydrogen-bond acceptors (Lipinski definition) is 6. The molecule has 0 spiro atoms. The van der Waals surface area contributed by atoms with E-state index in [1.807, 2.05) is 35.7 Å². The number of rotatable bonds is 5. The summed E-state index contributed by atoms with van der Waals surface area (Å²) in [6, 6.07) is 9.02. The van der Waals surface area contributed by atoms with Crippen LogP contribution in [0.15, 0.2) is 54.3 Å². The van der Waals surface area contributed by atoms with Gasteiger partial charge in [-0.3, -0.25) is 4.79 Å². The molecule has 0 bridgehead atoms. The van der Waals surface area contributed by atoms with Crippen LogP contribution in [0.4, 0.5) is 0 Å². The van der Waals surface area contributed by atoms with Gasteiger partial charge in [0.2, 0.25) is 0 Å². The fraction of sp³-hybridized carbons (Fsp3) is 0.0625. The maximum Gasteiger partial charge on any atom is 0.356 e. The second-order valence-electron chi connectivity index (χ2n) is 4.78. The van der Waals surface area contributed by atoms with E-state index in [1.165, 1.54) is 11.3 Å². The molecule has 1 aromatic carbocycles. The number of aromatic nitrogens is 3. The van der Waals surface area contributed by atoms with Crippen molar-refractivity contribution in [1.29, 1.82) is 0 Å². The lowest BCUT2D eigenvalue weighted by atomic mass is 10.1. The third kappa shape index (κ3) is 3.44. The average molecular weight is 340 g/mol. The summed E-state index contributed by atoms with van der Waals surface area (Å²) in [5.41, 5.74) is 0.708. The van der Waals surface area contributed by atoms with E-state index in [2.05, 4.69) is 20.3 Å². The molecule has 3 rings (SSSR count). The molecule has 2 N–H and O–H groups in total. The maximum atomic E-state index is 12.4. The quantitative estimate of drug-likeness (QED) is 0.737. The number of carboxylic acid groups (broad SMARTS) is 1. The molecular formula is C16H12N4O3S. The Hall–Kier alpha value is -3.13. The second-order valence-corrected chi connectivity index (χ2v) is 5.71. The zero-order valence-corrected chi connectivity index (χ0v) is 13.1. The molecule has 24 heavy (non-hydrogen) atoms. The summed E-state index contributed by atoms with van der Waals surface area (Å²) in [6.45, 7) is 0. The Morgan fingerprint density at radius 3 is 2.33 bits per heavy atom. The van der Waals surface area contributed by atoms with E-state index in [-0.39, 0.29) is 11.4 Å². The van der Waals surface area contributed by atoms with Gasteiger partial charge in [0.1, 0.15) is 16.7 Å². The van der Waals surface area contributed by atoms with Crippen molar-refractivity contribution in [1.82, 2.24) is 20.3 Å². The summed E-state index contributed by atoms with van der Waals surface area (Å²) in [6.07, 6.45) is 3.87. The molecule has 1 unspecified atom stereocenters. The van der Waals surface area contributed by atoms with Gasteiger partial charge in [0.05, 0.1) is 12.4 Å². The summed E-state index contributed by atoms with van der Waals surface area (Å²) in [5.74, 6) is -1.65. The molecule has 0 aliphatic carbocycles. The highest BCUT2D eigenvalue weighted by Crippen LogP contribution is 2.23. The predicted molar refractivity (Wildman–Crippen MR) is 86.9 cm³/mol. The molecule has 2 aromatic heterocycles. The molecule has 1 atom stereocenters. The van der Waals surface area contributed by atoms with Gasteiger partial charge in [0.25, 0.3) is 5.91 Å². The molecule has 2 heterocycles. The van der Waals surface area contributed by atoms with Gasteiger partial charge in [-0.1, -0.05) is 30.3 Å². The van der Waals surface area contributed by atoms with Crippen molar-refractivity contribution < 1.29 is 14.7 Å². The second kappa shape index (κ2) is 6.97. The van der Waals surface area contributed by atoms with Crippen LogP contribution >= 0.6 is 11.3 Å². The third-order valence-electron chi connectivity index (χ3n) is 3.21. The molecule has 0 radical (unpaired) electrons. The van der Waals surface area contributed by atoms with Crippen LogP contribution in [-0.2, 0) is 0 Å². The standard InChI is InChI=1S/C16H12N4O3S/c21-14(11-8-19-12(9-18-11)16(22)23)20-13(15-17-6-7-24-15)10-4-2-1-3-5-10/h1-9,13H,(H,20,21)(H,22,23). The van der Waals surface area contributed by atoms with Crippen molar-refractivity contribution in [2.45, 2.75) is 6.04 Å². The summed E-state index contributed by atoms with van der Waals surface area (Å²) < 4.78 is 0. The number of carboxylic acids is 1. The normalized spacial score (nSPS) is 11.7. The molecule has 0 fully saturated rings. The van der Waals surface area contributed by atoms with Gasteiger partial charge in [0.15, 0.2) is 5.69 Å². The average Bonchev–Trinajstić information content (AvgIpc) is 3.14. The lowest BCUT2D eigenvalue weighted by molar-refractivity contribution is 0.0689. The molecule has 120 valence electrons. The van der Waals surface area contributed by atoms with E-state index in [0.717, 1.165) is 23.0 Å². The third-order valence-corrected chi connectivity index (χ3v) is 4.05. The van der Waals surface area contributed by atoms with E-state index < -0.39 is 17.9 Å². The van der Waals surface area contributed by atoms with E-state index in [9.17, 15) is 9.59 Å². The first-order chi connectivity index (χ1) is 11.6. The zero-order chi connectivity index (χ0) is 16.9. The lowest BCUT2D eigenvalue weighted by Gasteiger charge is -2.16. The first-order valence-corrected chi connectivity index (χ1v) is 7.83. The number of amides is 1. The zero-order valence-electron chi connectivity index (χ0n) is 12.3. The molecular weight excluding hydrogens is 328 g/mol. The molecule has 1 amide bonds. The van der Waals surface area contributed by atoms with Crippen LogP contribution in [0.3, 0.4) is 0 Å². The number of thiazole rings is 1. The van der Waals surface area contributed by atoms with E-state index >= 15 is 0 Å². The van der Waals surface area contributed by atoms with Gasteiger partial charge in [0, 0.05) is 11.6 Å². The summed E-state index contributed by atoms with van der Waals surface area (Å²) in [5, 5.41) is 14.3. The summed E-state index contributed by atoms with van der Waals surface area (Å²) >= 11 is 1.43. The van der Waals surface area contributed by atoms with Crippen molar-refractivity contribution in [2.75, 3.05) is 0 Å². The molecule has 0 saturated heterocycles. The van der Waals surface area contributed by atoms with Crippen LogP contribution in [0.2, 0.25) is 0 Å². The van der Waals surface area contributed by atoms with Crippen LogP contribution in [0, 0.1) is 0 Å². The van der Waals surface area contributed by atoms with Gasteiger partial charge in [-0.2, -0.15) is 0 Å². The Bertz CT molecular complexity index is 836. The van der Waals surface area contributed by atoms with Crippen LogP contribution in [0.25, 0.3) is 0 Å². The number of hydrogen-bond donors (Lipinski definition) is 2. The first kappa shape index (κ1) is 15.8. The fourth-order valence-corrected chi connectivity index (χ4v) is 2.78. The van der Waals surface area contributed by atoms with Crippen molar-refractivity contribution in [3.05, 3.63) is 76.3 Å². The Balaban J connectivity index is 1.85. The number of benzene rings is 1. The highest BCUT2D eigenvalue weighted by molar-refractivity contribution is 7.09. The first-order valence-electron chi connectivity index (χ1n) is 6.95. The smallest absolute Gasteiger partial charge is 0.356 e. The van der Waals surface area contributed by atoms with Gasteiger partial charge in [-0.05, 0) is 5.56 Å². The Morgan fingerprint density at radius 1 is 1.04 bits per heavy atom. The topological polar surface area (TPSA) is 105 Å². The Kier molecular flexibility index (Phi) is 4.57. The van der Waals surface area contributed by atoms with Gasteiger partial charge in [-0.25, -0.2) is 19.7 Å². The number of aromatic carboxylic acids is 1. The van der Waals surface area contributed by atoms with E-state index in [0.29, 0.717) is 0 Å². The minimum Gasteiger partial charge on any atom is -0.476 e. The highest BCUT2D eigenvalue weighted by atomic mass is 32.1. The summed E-state index contributed by atoms with van der Waals surface area (Å²) in [4.78, 5) is 35.0. The summed E-state index contributed by atoms with van der Waals surface area (Å²) in [7, 11) is 0. The molecule has 0 aliphatic rings. The molecule has 8 heteroatoms. The SMILES string of the molecule is O=C(O)c1cnc(C(=O)NC(c2ccccc2)c2nccs2)cn1. The van der Waals surface area contributed by atoms with Crippen molar-refractivity contribution in [2.24, 2.45) is 0 Å². The monoisotopic (exact) mass is 340 g/mol. The van der Waals surface area contributed by atoms with Crippen LogP contribution in [0.1, 0.15) is 37.6 Å². The molecule has 7 nitrogen and oxygen atoms in total. The predicted octanol–water partition coefficient (Wildman–Crippen LogP) is 2.15. The minimum atomic E-state index is -1.19.